The van der Waals surface area contributed by atoms with Gasteiger partial charge in [0.1, 0.15) is 0 Å². The molecule has 0 atom stereocenters. The van der Waals surface area contributed by atoms with Gasteiger partial charge >= 0.3 is 6.03 Å². The average molecular weight is 181 g/mol. The molecule has 1 saturated carbocycles. The lowest BCUT2D eigenvalue weighted by Crippen LogP contribution is -2.25. The van der Waals surface area contributed by atoms with E-state index in [-0.39, 0.29) is 0 Å². The lowest BCUT2D eigenvalue weighted by atomic mass is 10.1. The fourth-order valence-corrected chi connectivity index (χ4v) is 1.16. The number of nitrogens with zero attached hydrogens (tertiary/aromatic N) is 1. The summed E-state index contributed by atoms with van der Waals surface area (Å²) in [6.45, 7) is 3.92. The summed E-state index contributed by atoms with van der Waals surface area (Å²) < 4.78 is 0. The first-order valence-corrected chi connectivity index (χ1v) is 4.37. The molecule has 13 heavy (non-hydrogen) atoms. The first-order valence-electron chi connectivity index (χ1n) is 4.37. The van der Waals surface area contributed by atoms with Crippen LogP contribution in [-0.4, -0.2) is 11.7 Å². The number of carbonyl (C=O) groups is 1. The van der Waals surface area contributed by atoms with Crippen molar-refractivity contribution in [3.05, 3.63) is 11.6 Å². The van der Waals surface area contributed by atoms with Gasteiger partial charge in [-0.2, -0.15) is 5.10 Å². The van der Waals surface area contributed by atoms with Gasteiger partial charge in [-0.25, -0.2) is 10.2 Å². The normalized spacial score (nSPS) is 18.6. The lowest BCUT2D eigenvalue weighted by molar-refractivity contribution is 0.249. The topological polar surface area (TPSA) is 67.5 Å². The van der Waals surface area contributed by atoms with Crippen LogP contribution in [0.15, 0.2) is 16.8 Å². The predicted molar refractivity (Wildman–Crippen MR) is 52.3 cm³/mol. The summed E-state index contributed by atoms with van der Waals surface area (Å²) in [6.07, 6.45) is 4.53. The molecule has 0 unspecified atom stereocenters. The van der Waals surface area contributed by atoms with Gasteiger partial charge in [-0.1, -0.05) is 5.57 Å². The zero-order valence-electron chi connectivity index (χ0n) is 8.00. The molecular weight excluding hydrogens is 166 g/mol. The Kier molecular flexibility index (Phi) is 3.06. The molecule has 0 aromatic rings. The molecule has 0 bridgehead atoms. The second-order valence-electron chi connectivity index (χ2n) is 3.39. The molecule has 0 aliphatic heterocycles. The third-order valence-corrected chi connectivity index (χ3v) is 2.00. The van der Waals surface area contributed by atoms with E-state index in [1.165, 1.54) is 18.4 Å². The molecule has 1 rings (SSSR count). The zero-order valence-corrected chi connectivity index (χ0v) is 8.00. The van der Waals surface area contributed by atoms with Gasteiger partial charge in [-0.05, 0) is 38.7 Å². The summed E-state index contributed by atoms with van der Waals surface area (Å²) in [5.74, 6) is 0.735. The molecule has 2 amide bonds. The van der Waals surface area contributed by atoms with Gasteiger partial charge in [0.2, 0.25) is 0 Å². The Bertz CT molecular complexity index is 264. The number of allylic oxidation sites excluding steroid dienone is 2. The standard InChI is InChI=1S/C9H15N3O/c1-6(8-3-4-8)5-7(2)11-12-9(10)13/h5,8H,3-4H2,1-2H3,(H3,10,12,13)/b6-5-,11-7-. The Balaban J connectivity index is 2.46. The summed E-state index contributed by atoms with van der Waals surface area (Å²) in [7, 11) is 0. The van der Waals surface area contributed by atoms with E-state index in [9.17, 15) is 4.79 Å². The van der Waals surface area contributed by atoms with Crippen LogP contribution in [0, 0.1) is 5.92 Å². The molecule has 0 aromatic carbocycles. The molecule has 4 nitrogen and oxygen atoms in total. The number of hydrogen-bond acceptors (Lipinski definition) is 2. The van der Waals surface area contributed by atoms with Crippen LogP contribution in [0.25, 0.3) is 0 Å². The van der Waals surface area contributed by atoms with E-state index in [4.69, 9.17) is 5.73 Å². The largest absolute Gasteiger partial charge is 0.350 e. The maximum Gasteiger partial charge on any atom is 0.332 e. The van der Waals surface area contributed by atoms with Gasteiger partial charge < -0.3 is 5.73 Å². The van der Waals surface area contributed by atoms with Crippen molar-refractivity contribution in [2.75, 3.05) is 0 Å². The first kappa shape index (κ1) is 9.77. The molecule has 4 heteroatoms. The summed E-state index contributed by atoms with van der Waals surface area (Å²) in [5.41, 5.74) is 9.17. The van der Waals surface area contributed by atoms with Gasteiger partial charge in [0.05, 0.1) is 5.71 Å². The number of amides is 2. The minimum absolute atomic E-state index is 0.628. The molecular formula is C9H15N3O. The number of primary amides is 1. The SMILES string of the molecule is C/C(=C/C(C)=N\NC(N)=O)C1CC1. The van der Waals surface area contributed by atoms with Crippen LogP contribution in [-0.2, 0) is 0 Å². The molecule has 0 spiro atoms. The molecule has 1 aliphatic carbocycles. The van der Waals surface area contributed by atoms with Gasteiger partial charge in [0.15, 0.2) is 0 Å². The van der Waals surface area contributed by atoms with E-state index in [0.717, 1.165) is 11.6 Å². The number of hydrazone groups is 1. The van der Waals surface area contributed by atoms with Gasteiger partial charge in [0.25, 0.3) is 0 Å². The summed E-state index contributed by atoms with van der Waals surface area (Å²) >= 11 is 0. The van der Waals surface area contributed by atoms with E-state index in [1.54, 1.807) is 0 Å². The summed E-state index contributed by atoms with van der Waals surface area (Å²) in [4.78, 5) is 10.3. The Morgan fingerprint density at radius 1 is 1.54 bits per heavy atom. The van der Waals surface area contributed by atoms with E-state index in [2.05, 4.69) is 17.5 Å². The van der Waals surface area contributed by atoms with Crippen molar-refractivity contribution in [2.24, 2.45) is 16.8 Å². The Labute approximate surface area is 77.9 Å². The molecule has 1 aliphatic rings. The number of nitrogens with two attached hydrogens (primary N) is 1. The fraction of sp³-hybridized carbons (Fsp3) is 0.556. The minimum Gasteiger partial charge on any atom is -0.350 e. The van der Waals surface area contributed by atoms with E-state index in [1.807, 2.05) is 13.0 Å². The number of nitrogens with one attached hydrogen (secondary N) is 1. The highest BCUT2D eigenvalue weighted by atomic mass is 16.2. The molecule has 0 aromatic heterocycles. The molecule has 72 valence electrons. The van der Waals surface area contributed by atoms with Gasteiger partial charge in [-0.15, -0.1) is 0 Å². The molecule has 1 fully saturated rings. The smallest absolute Gasteiger partial charge is 0.332 e. The van der Waals surface area contributed by atoms with Crippen molar-refractivity contribution in [3.63, 3.8) is 0 Å². The molecule has 0 saturated heterocycles. The Hall–Kier alpha value is -1.32. The quantitative estimate of drug-likeness (QED) is 0.501. The van der Waals surface area contributed by atoms with Crippen molar-refractivity contribution in [3.8, 4) is 0 Å². The maximum atomic E-state index is 10.3. The van der Waals surface area contributed by atoms with Gasteiger partial charge in [-0.3, -0.25) is 0 Å². The maximum absolute atomic E-state index is 10.3. The summed E-state index contributed by atoms with van der Waals surface area (Å²) in [5, 5.41) is 3.79. The zero-order chi connectivity index (χ0) is 9.84. The van der Waals surface area contributed by atoms with Crippen molar-refractivity contribution in [2.45, 2.75) is 26.7 Å². The van der Waals surface area contributed by atoms with Crippen molar-refractivity contribution >= 4 is 11.7 Å². The van der Waals surface area contributed by atoms with Gasteiger partial charge in [0, 0.05) is 0 Å². The van der Waals surface area contributed by atoms with E-state index < -0.39 is 6.03 Å². The van der Waals surface area contributed by atoms with Crippen LogP contribution in [0.1, 0.15) is 26.7 Å². The second-order valence-corrected chi connectivity index (χ2v) is 3.39. The number of rotatable bonds is 3. The van der Waals surface area contributed by atoms with Crippen LogP contribution in [0.3, 0.4) is 0 Å². The van der Waals surface area contributed by atoms with Crippen LogP contribution in [0.5, 0.6) is 0 Å². The van der Waals surface area contributed by atoms with E-state index in [0.29, 0.717) is 0 Å². The molecule has 3 N–H and O–H groups in total. The molecule has 0 heterocycles. The second kappa shape index (κ2) is 4.07. The average Bonchev–Trinajstić information content (AvgIpc) is 2.82. The minimum atomic E-state index is -0.628. The predicted octanol–water partition coefficient (Wildman–Crippen LogP) is 1.39. The third kappa shape index (κ3) is 3.73. The Morgan fingerprint density at radius 2 is 2.15 bits per heavy atom. The summed E-state index contributed by atoms with van der Waals surface area (Å²) in [6, 6.07) is -0.628. The van der Waals surface area contributed by atoms with Crippen LogP contribution < -0.4 is 11.2 Å². The van der Waals surface area contributed by atoms with Crippen molar-refractivity contribution < 1.29 is 4.79 Å². The third-order valence-electron chi connectivity index (χ3n) is 2.00. The Morgan fingerprint density at radius 3 is 2.62 bits per heavy atom. The van der Waals surface area contributed by atoms with Crippen LogP contribution in [0.2, 0.25) is 0 Å². The number of hydrogen-bond donors (Lipinski definition) is 2. The highest BCUT2D eigenvalue weighted by molar-refractivity contribution is 5.94. The van der Waals surface area contributed by atoms with Crippen molar-refractivity contribution in [1.29, 1.82) is 0 Å². The van der Waals surface area contributed by atoms with E-state index >= 15 is 0 Å². The lowest BCUT2D eigenvalue weighted by Gasteiger charge is -1.97. The highest BCUT2D eigenvalue weighted by Gasteiger charge is 2.22. The van der Waals surface area contributed by atoms with Crippen molar-refractivity contribution in [1.82, 2.24) is 5.43 Å². The monoisotopic (exact) mass is 181 g/mol. The number of urea groups is 1. The fourth-order valence-electron chi connectivity index (χ4n) is 1.16. The van der Waals surface area contributed by atoms with Crippen LogP contribution in [0.4, 0.5) is 4.79 Å². The molecule has 0 radical (unpaired) electrons. The first-order chi connectivity index (χ1) is 6.09. The highest BCUT2D eigenvalue weighted by Crippen LogP contribution is 2.35. The van der Waals surface area contributed by atoms with Crippen LogP contribution >= 0.6 is 0 Å². The number of carbonyl (C=O) groups excluding carboxylic acids is 1.